The van der Waals surface area contributed by atoms with Gasteiger partial charge in [-0.05, 0) is 61.3 Å². The number of rotatable bonds is 7. The van der Waals surface area contributed by atoms with Crippen molar-refractivity contribution in [2.24, 2.45) is 0 Å². The van der Waals surface area contributed by atoms with Crippen LogP contribution in [0.3, 0.4) is 0 Å². The van der Waals surface area contributed by atoms with Crippen molar-refractivity contribution < 1.29 is 9.53 Å². The van der Waals surface area contributed by atoms with Crippen LogP contribution in [0, 0.1) is 0 Å². The van der Waals surface area contributed by atoms with Gasteiger partial charge >= 0.3 is 5.97 Å². The number of likely N-dealkylation sites (N-methyl/N-ethyl adjacent to an activating group) is 1. The summed E-state index contributed by atoms with van der Waals surface area (Å²) < 4.78 is 5.42. The van der Waals surface area contributed by atoms with E-state index in [4.69, 9.17) is 4.74 Å². The molecule has 1 atom stereocenters. The first-order chi connectivity index (χ1) is 8.17. The van der Waals surface area contributed by atoms with Crippen LogP contribution in [0.25, 0.3) is 0 Å². The number of carbonyl (C=O) groups is 1. The number of esters is 1. The van der Waals surface area contributed by atoms with Crippen molar-refractivity contribution in [1.82, 2.24) is 9.80 Å². The predicted molar refractivity (Wildman–Crippen MR) is 75.7 cm³/mol. The molecule has 0 radical (unpaired) electrons. The highest BCUT2D eigenvalue weighted by Crippen LogP contribution is 2.11. The van der Waals surface area contributed by atoms with E-state index < -0.39 is 5.60 Å². The zero-order chi connectivity index (χ0) is 14.3. The van der Waals surface area contributed by atoms with Gasteiger partial charge in [0.05, 0.1) is 0 Å². The molecular formula is C14H30N2O2. The maximum absolute atomic E-state index is 12.0. The lowest BCUT2D eigenvalue weighted by Gasteiger charge is -2.29. The van der Waals surface area contributed by atoms with Gasteiger partial charge in [-0.2, -0.15) is 0 Å². The van der Waals surface area contributed by atoms with E-state index in [0.717, 1.165) is 26.1 Å². The Bertz CT molecular complexity index is 247. The summed E-state index contributed by atoms with van der Waals surface area (Å²) in [5, 5.41) is 0. The molecule has 0 fully saturated rings. The summed E-state index contributed by atoms with van der Waals surface area (Å²) in [4.78, 5) is 16.3. The second kappa shape index (κ2) is 7.74. The molecule has 0 amide bonds. The third-order valence-electron chi connectivity index (χ3n) is 2.75. The van der Waals surface area contributed by atoms with Crippen molar-refractivity contribution in [3.05, 3.63) is 0 Å². The molecule has 0 aromatic carbocycles. The van der Waals surface area contributed by atoms with Crippen LogP contribution in [0.4, 0.5) is 0 Å². The van der Waals surface area contributed by atoms with Crippen LogP contribution in [0.1, 0.15) is 41.0 Å². The maximum Gasteiger partial charge on any atom is 0.323 e. The minimum Gasteiger partial charge on any atom is -0.459 e. The molecule has 4 nitrogen and oxygen atoms in total. The van der Waals surface area contributed by atoms with Crippen LogP contribution in [-0.4, -0.2) is 61.1 Å². The van der Waals surface area contributed by atoms with Crippen LogP contribution in [0.2, 0.25) is 0 Å². The van der Waals surface area contributed by atoms with Gasteiger partial charge in [0.2, 0.25) is 0 Å². The first kappa shape index (κ1) is 17.4. The van der Waals surface area contributed by atoms with E-state index in [1.807, 2.05) is 27.7 Å². The van der Waals surface area contributed by atoms with E-state index in [1.54, 1.807) is 0 Å². The Morgan fingerprint density at radius 2 is 1.78 bits per heavy atom. The lowest BCUT2D eigenvalue weighted by molar-refractivity contribution is -0.160. The quantitative estimate of drug-likeness (QED) is 0.654. The Labute approximate surface area is 112 Å². The molecule has 18 heavy (non-hydrogen) atoms. The lowest BCUT2D eigenvalue weighted by Crippen LogP contribution is -2.43. The Hall–Kier alpha value is -0.610. The predicted octanol–water partition coefficient (Wildman–Crippen LogP) is 1.99. The van der Waals surface area contributed by atoms with Crippen molar-refractivity contribution in [1.29, 1.82) is 0 Å². The molecular weight excluding hydrogens is 228 g/mol. The molecule has 0 bridgehead atoms. The Morgan fingerprint density at radius 1 is 1.22 bits per heavy atom. The van der Waals surface area contributed by atoms with Gasteiger partial charge in [0.25, 0.3) is 0 Å². The molecule has 0 saturated carbocycles. The van der Waals surface area contributed by atoms with Crippen molar-refractivity contribution in [3.63, 3.8) is 0 Å². The molecule has 4 heteroatoms. The highest BCUT2D eigenvalue weighted by molar-refractivity contribution is 5.75. The van der Waals surface area contributed by atoms with Gasteiger partial charge in [-0.25, -0.2) is 0 Å². The molecule has 0 aromatic rings. The Morgan fingerprint density at radius 3 is 2.17 bits per heavy atom. The Kier molecular flexibility index (Phi) is 7.48. The average Bonchev–Trinajstić information content (AvgIpc) is 2.20. The fourth-order valence-electron chi connectivity index (χ4n) is 1.75. The summed E-state index contributed by atoms with van der Waals surface area (Å²) in [6, 6.07) is -0.170. The molecule has 0 aliphatic rings. The summed E-state index contributed by atoms with van der Waals surface area (Å²) in [6.07, 6.45) is 1.06. The molecule has 0 aromatic heterocycles. The van der Waals surface area contributed by atoms with Gasteiger partial charge in [-0.15, -0.1) is 0 Å². The first-order valence-electron chi connectivity index (χ1n) is 6.79. The second-order valence-electron chi connectivity index (χ2n) is 5.99. The van der Waals surface area contributed by atoms with E-state index in [2.05, 4.69) is 30.8 Å². The van der Waals surface area contributed by atoms with Gasteiger partial charge in [-0.1, -0.05) is 6.92 Å². The highest BCUT2D eigenvalue weighted by atomic mass is 16.6. The Balaban J connectivity index is 4.24. The summed E-state index contributed by atoms with van der Waals surface area (Å²) in [5.74, 6) is -0.130. The average molecular weight is 258 g/mol. The lowest BCUT2D eigenvalue weighted by atomic mass is 10.2. The fraction of sp³-hybridized carbons (Fsp3) is 0.929. The minimum atomic E-state index is -0.408. The SMILES string of the molecule is CCN(CCCN(C)C)C(C)C(=O)OC(C)(C)C. The molecule has 0 N–H and O–H groups in total. The zero-order valence-electron chi connectivity index (χ0n) is 13.1. The topological polar surface area (TPSA) is 32.8 Å². The van der Waals surface area contributed by atoms with Crippen molar-refractivity contribution in [3.8, 4) is 0 Å². The molecule has 0 aliphatic heterocycles. The van der Waals surface area contributed by atoms with E-state index in [-0.39, 0.29) is 12.0 Å². The van der Waals surface area contributed by atoms with Crippen LogP contribution < -0.4 is 0 Å². The monoisotopic (exact) mass is 258 g/mol. The summed E-state index contributed by atoms with van der Waals surface area (Å²) in [7, 11) is 4.13. The van der Waals surface area contributed by atoms with Gasteiger partial charge in [0.1, 0.15) is 11.6 Å². The van der Waals surface area contributed by atoms with Crippen molar-refractivity contribution in [2.75, 3.05) is 33.7 Å². The fourth-order valence-corrected chi connectivity index (χ4v) is 1.75. The number of ether oxygens (including phenoxy) is 1. The molecule has 0 rings (SSSR count). The van der Waals surface area contributed by atoms with Gasteiger partial charge in [-0.3, -0.25) is 9.69 Å². The molecule has 108 valence electrons. The molecule has 0 heterocycles. The highest BCUT2D eigenvalue weighted by Gasteiger charge is 2.25. The van der Waals surface area contributed by atoms with E-state index >= 15 is 0 Å². The number of hydrogen-bond donors (Lipinski definition) is 0. The van der Waals surface area contributed by atoms with Crippen molar-refractivity contribution >= 4 is 5.97 Å². The smallest absolute Gasteiger partial charge is 0.323 e. The second-order valence-corrected chi connectivity index (χ2v) is 5.99. The van der Waals surface area contributed by atoms with Gasteiger partial charge in [0.15, 0.2) is 0 Å². The van der Waals surface area contributed by atoms with E-state index in [9.17, 15) is 4.79 Å². The minimum absolute atomic E-state index is 0.130. The van der Waals surface area contributed by atoms with E-state index in [0.29, 0.717) is 0 Å². The zero-order valence-corrected chi connectivity index (χ0v) is 13.1. The van der Waals surface area contributed by atoms with Crippen LogP contribution in [-0.2, 0) is 9.53 Å². The summed E-state index contributed by atoms with van der Waals surface area (Å²) in [6.45, 7) is 12.5. The third-order valence-corrected chi connectivity index (χ3v) is 2.75. The molecule has 0 spiro atoms. The van der Waals surface area contributed by atoms with Crippen molar-refractivity contribution in [2.45, 2.75) is 52.7 Å². The third kappa shape index (κ3) is 7.67. The summed E-state index contributed by atoms with van der Waals surface area (Å²) in [5.41, 5.74) is -0.408. The van der Waals surface area contributed by atoms with Gasteiger partial charge in [0, 0.05) is 6.54 Å². The first-order valence-corrected chi connectivity index (χ1v) is 6.79. The van der Waals surface area contributed by atoms with Crippen LogP contribution >= 0.6 is 0 Å². The number of nitrogens with zero attached hydrogens (tertiary/aromatic N) is 2. The normalized spacial score (nSPS) is 14.1. The maximum atomic E-state index is 12.0. The molecule has 0 saturated heterocycles. The standard InChI is InChI=1S/C14H30N2O2/c1-8-16(11-9-10-15(6)7)12(2)13(17)18-14(3,4)5/h12H,8-11H2,1-7H3. The number of hydrogen-bond acceptors (Lipinski definition) is 4. The van der Waals surface area contributed by atoms with Gasteiger partial charge < -0.3 is 9.64 Å². The van der Waals surface area contributed by atoms with E-state index in [1.165, 1.54) is 0 Å². The molecule has 0 aliphatic carbocycles. The largest absolute Gasteiger partial charge is 0.459 e. The summed E-state index contributed by atoms with van der Waals surface area (Å²) >= 11 is 0. The molecule has 1 unspecified atom stereocenters. The number of carbonyl (C=O) groups excluding carboxylic acids is 1. The van der Waals surface area contributed by atoms with Crippen LogP contribution in [0.15, 0.2) is 0 Å². The van der Waals surface area contributed by atoms with Crippen LogP contribution in [0.5, 0.6) is 0 Å².